The van der Waals surface area contributed by atoms with Crippen LogP contribution in [0, 0.1) is 10.1 Å². The fraction of sp³-hybridized carbons (Fsp3) is 0.143. The minimum atomic E-state index is -3.32. The Kier molecular flexibility index (Phi) is 3.76. The van der Waals surface area contributed by atoms with Gasteiger partial charge in [-0.1, -0.05) is 18.2 Å². The SMILES string of the molecule is O=[N+]([O-])C(O[PH](=O)O)c1ccccc1. The summed E-state index contributed by atoms with van der Waals surface area (Å²) in [7, 11) is -3.32. The standard InChI is InChI=1S/C7H8NO5P/c9-8(10)7(13-14(11)12)6-4-2-1-3-5-6/h1-5,7,14H,(H,11,12). The molecule has 1 aromatic carbocycles. The first-order valence-electron chi connectivity index (χ1n) is 3.69. The van der Waals surface area contributed by atoms with E-state index >= 15 is 0 Å². The third-order valence-electron chi connectivity index (χ3n) is 1.49. The van der Waals surface area contributed by atoms with Crippen LogP contribution in [0.4, 0.5) is 0 Å². The molecule has 0 aliphatic carbocycles. The molecule has 1 aromatic rings. The van der Waals surface area contributed by atoms with Gasteiger partial charge in [-0.3, -0.25) is 14.7 Å². The molecule has 0 heterocycles. The summed E-state index contributed by atoms with van der Waals surface area (Å²) in [6.45, 7) is 0. The molecule has 7 heteroatoms. The lowest BCUT2D eigenvalue weighted by Crippen LogP contribution is -2.11. The van der Waals surface area contributed by atoms with Crippen LogP contribution in [0.25, 0.3) is 0 Å². The van der Waals surface area contributed by atoms with E-state index in [-0.39, 0.29) is 5.56 Å². The Labute approximate surface area is 80.2 Å². The highest BCUT2D eigenvalue weighted by molar-refractivity contribution is 7.32. The van der Waals surface area contributed by atoms with Crippen molar-refractivity contribution in [3.05, 3.63) is 46.0 Å². The Morgan fingerprint density at radius 3 is 2.43 bits per heavy atom. The van der Waals surface area contributed by atoms with Gasteiger partial charge < -0.3 is 4.89 Å². The van der Waals surface area contributed by atoms with Gasteiger partial charge in [0.05, 0.1) is 10.5 Å². The Balaban J connectivity index is 2.89. The lowest BCUT2D eigenvalue weighted by atomic mass is 10.2. The molecule has 2 atom stereocenters. The summed E-state index contributed by atoms with van der Waals surface area (Å²) in [6, 6.07) is 7.77. The maximum atomic E-state index is 10.5. The molecule has 1 rings (SSSR count). The van der Waals surface area contributed by atoms with E-state index in [9.17, 15) is 14.7 Å². The van der Waals surface area contributed by atoms with Crippen molar-refractivity contribution >= 4 is 8.25 Å². The van der Waals surface area contributed by atoms with Crippen LogP contribution in [0.2, 0.25) is 0 Å². The van der Waals surface area contributed by atoms with Gasteiger partial charge in [-0.2, -0.15) is 0 Å². The quantitative estimate of drug-likeness (QED) is 0.356. The Morgan fingerprint density at radius 1 is 1.43 bits per heavy atom. The molecule has 0 spiro atoms. The van der Waals surface area contributed by atoms with Crippen molar-refractivity contribution < 1.29 is 18.9 Å². The average Bonchev–Trinajstić information content (AvgIpc) is 2.15. The molecular weight excluding hydrogens is 209 g/mol. The fourth-order valence-corrected chi connectivity index (χ4v) is 1.36. The summed E-state index contributed by atoms with van der Waals surface area (Å²) in [4.78, 5) is 18.2. The van der Waals surface area contributed by atoms with Crippen molar-refractivity contribution in [1.82, 2.24) is 0 Å². The summed E-state index contributed by atoms with van der Waals surface area (Å²) in [5.74, 6) is 0. The highest BCUT2D eigenvalue weighted by Gasteiger charge is 2.24. The van der Waals surface area contributed by atoms with Crippen molar-refractivity contribution in [3.63, 3.8) is 0 Å². The smallest absolute Gasteiger partial charge is 0.326 e. The zero-order valence-electron chi connectivity index (χ0n) is 6.99. The number of nitro groups is 1. The van der Waals surface area contributed by atoms with Crippen molar-refractivity contribution in [3.8, 4) is 0 Å². The number of hydrogen-bond donors (Lipinski definition) is 1. The van der Waals surface area contributed by atoms with Gasteiger partial charge in [-0.25, -0.2) is 4.52 Å². The van der Waals surface area contributed by atoms with Crippen molar-refractivity contribution in [2.45, 2.75) is 6.23 Å². The highest BCUT2D eigenvalue weighted by Crippen LogP contribution is 2.28. The molecule has 2 unspecified atom stereocenters. The molecule has 14 heavy (non-hydrogen) atoms. The first-order valence-corrected chi connectivity index (χ1v) is 4.95. The van der Waals surface area contributed by atoms with Crippen LogP contribution in [-0.2, 0) is 9.09 Å². The van der Waals surface area contributed by atoms with Crippen LogP contribution in [0.3, 0.4) is 0 Å². The predicted octanol–water partition coefficient (Wildman–Crippen LogP) is 1.36. The normalized spacial score (nSPS) is 14.6. The lowest BCUT2D eigenvalue weighted by molar-refractivity contribution is -0.571. The Morgan fingerprint density at radius 2 is 2.00 bits per heavy atom. The molecular formula is C7H8NO5P. The number of rotatable bonds is 4. The van der Waals surface area contributed by atoms with Gasteiger partial charge >= 0.3 is 14.5 Å². The Bertz CT molecular complexity index is 341. The molecule has 0 saturated heterocycles. The molecule has 6 nitrogen and oxygen atoms in total. The maximum Gasteiger partial charge on any atom is 0.348 e. The molecule has 0 radical (unpaired) electrons. The number of nitrogens with zero attached hydrogens (tertiary/aromatic N) is 1. The first-order chi connectivity index (χ1) is 6.61. The first kappa shape index (κ1) is 10.8. The minimum absolute atomic E-state index is 0.241. The second-order valence-electron chi connectivity index (χ2n) is 2.43. The maximum absolute atomic E-state index is 10.5. The van der Waals surface area contributed by atoms with Gasteiger partial charge in [0.2, 0.25) is 0 Å². The van der Waals surface area contributed by atoms with Gasteiger partial charge in [0.25, 0.3) is 0 Å². The van der Waals surface area contributed by atoms with Crippen LogP contribution in [0.5, 0.6) is 0 Å². The molecule has 0 amide bonds. The molecule has 0 aliphatic rings. The minimum Gasteiger partial charge on any atom is -0.326 e. The summed E-state index contributed by atoms with van der Waals surface area (Å²) in [5.41, 5.74) is 0.241. The summed E-state index contributed by atoms with van der Waals surface area (Å²) >= 11 is 0. The van der Waals surface area contributed by atoms with E-state index in [0.29, 0.717) is 0 Å². The molecule has 0 aliphatic heterocycles. The highest BCUT2D eigenvalue weighted by atomic mass is 31.1. The predicted molar refractivity (Wildman–Crippen MR) is 48.5 cm³/mol. The summed E-state index contributed by atoms with van der Waals surface area (Å²) in [5, 5.41) is 10.5. The van der Waals surface area contributed by atoms with Gasteiger partial charge in [0.15, 0.2) is 0 Å². The lowest BCUT2D eigenvalue weighted by Gasteiger charge is -2.07. The molecule has 1 N–H and O–H groups in total. The Hall–Kier alpha value is -1.23. The van der Waals surface area contributed by atoms with Crippen LogP contribution >= 0.6 is 8.25 Å². The fourth-order valence-electron chi connectivity index (χ4n) is 0.946. The van der Waals surface area contributed by atoms with Gasteiger partial charge in [-0.05, 0) is 12.1 Å². The molecule has 0 fully saturated rings. The monoisotopic (exact) mass is 217 g/mol. The molecule has 0 saturated carbocycles. The van der Waals surface area contributed by atoms with Gasteiger partial charge in [0, 0.05) is 0 Å². The van der Waals surface area contributed by atoms with Crippen LogP contribution in [0.1, 0.15) is 11.8 Å². The second-order valence-corrected chi connectivity index (χ2v) is 3.20. The number of hydrogen-bond acceptors (Lipinski definition) is 4. The molecule has 76 valence electrons. The zero-order chi connectivity index (χ0) is 10.6. The van der Waals surface area contributed by atoms with E-state index in [1.54, 1.807) is 18.2 Å². The number of benzene rings is 1. The third kappa shape index (κ3) is 2.92. The van der Waals surface area contributed by atoms with Crippen molar-refractivity contribution in [1.29, 1.82) is 0 Å². The van der Waals surface area contributed by atoms with Crippen LogP contribution in [-0.4, -0.2) is 9.82 Å². The van der Waals surface area contributed by atoms with E-state index in [1.807, 2.05) is 0 Å². The van der Waals surface area contributed by atoms with E-state index in [1.165, 1.54) is 12.1 Å². The summed E-state index contributed by atoms with van der Waals surface area (Å²) in [6.07, 6.45) is -1.58. The van der Waals surface area contributed by atoms with Gasteiger partial charge in [-0.15, -0.1) is 0 Å². The van der Waals surface area contributed by atoms with E-state index in [4.69, 9.17) is 4.89 Å². The van der Waals surface area contributed by atoms with E-state index in [0.717, 1.165) is 0 Å². The third-order valence-corrected chi connectivity index (χ3v) is 1.91. The zero-order valence-corrected chi connectivity index (χ0v) is 7.99. The van der Waals surface area contributed by atoms with Crippen LogP contribution < -0.4 is 0 Å². The van der Waals surface area contributed by atoms with Crippen LogP contribution in [0.15, 0.2) is 30.3 Å². The average molecular weight is 217 g/mol. The van der Waals surface area contributed by atoms with E-state index < -0.39 is 19.4 Å². The van der Waals surface area contributed by atoms with Gasteiger partial charge in [0.1, 0.15) is 0 Å². The van der Waals surface area contributed by atoms with Crippen molar-refractivity contribution in [2.24, 2.45) is 0 Å². The van der Waals surface area contributed by atoms with Crippen molar-refractivity contribution in [2.75, 3.05) is 0 Å². The molecule has 0 aromatic heterocycles. The van der Waals surface area contributed by atoms with E-state index in [2.05, 4.69) is 4.52 Å². The second kappa shape index (κ2) is 4.85. The molecule has 0 bridgehead atoms. The largest absolute Gasteiger partial charge is 0.348 e. The topological polar surface area (TPSA) is 89.7 Å². The summed E-state index contributed by atoms with van der Waals surface area (Å²) < 4.78 is 14.6.